The van der Waals surface area contributed by atoms with Crippen LogP contribution in [0.5, 0.6) is 0 Å². The first-order valence-corrected chi connectivity index (χ1v) is 0.926. The van der Waals surface area contributed by atoms with E-state index >= 15 is 0 Å². The van der Waals surface area contributed by atoms with Gasteiger partial charge in [0.2, 0.25) is 0 Å². The van der Waals surface area contributed by atoms with Gasteiger partial charge >= 0.3 is 0 Å². The smallest absolute Gasteiger partial charge is 0.0832 e. The molecule has 90 valence electrons. The largest absolute Gasteiger partial charge is 0.412 e. The Labute approximate surface area is 89.2 Å². The zero-order chi connectivity index (χ0) is 2.71. The zero-order valence-corrected chi connectivity index (χ0v) is 8.36. The quantitative estimate of drug-likeness (QED) is 0.414. The van der Waals surface area contributed by atoms with Gasteiger partial charge in [0.15, 0.2) is 0 Å². The van der Waals surface area contributed by atoms with Crippen LogP contribution in [-0.2, 0) is 21.2 Å². The molecule has 0 unspecified atom stereocenters. The number of hydrogen-bond acceptors (Lipinski definition) is 1. The van der Waals surface area contributed by atoms with E-state index in [0.717, 1.165) is 0 Å². The van der Waals surface area contributed by atoms with Gasteiger partial charge in [-0.3, -0.25) is 0 Å². The summed E-state index contributed by atoms with van der Waals surface area (Å²) in [6.07, 6.45) is 0. The Hall–Kier alpha value is 0.752. The Morgan fingerprint density at radius 3 is 0.500 bits per heavy atom. The van der Waals surface area contributed by atoms with Crippen LogP contribution in [0.15, 0.2) is 0 Å². The third-order valence-electron chi connectivity index (χ3n) is 0. The fraction of sp³-hybridized carbons (Fsp3) is 0. The molecule has 0 bridgehead atoms. The molecule has 12 heavy (non-hydrogen) atoms. The van der Waals surface area contributed by atoms with Crippen LogP contribution in [0.1, 0.15) is 0 Å². The van der Waals surface area contributed by atoms with E-state index in [2.05, 4.69) is 27.6 Å². The van der Waals surface area contributed by atoms with E-state index in [4.69, 9.17) is 0 Å². The standard InChI is InChI=1S/Cl2O.Cr.8H2O/c1-3-2;;;;;;;;;/h;;8*1H2. The molecule has 0 saturated heterocycles. The molecule has 0 heterocycles. The molecule has 0 aromatic rings. The van der Waals surface area contributed by atoms with Crippen LogP contribution in [0.25, 0.3) is 0 Å². The molecule has 0 rings (SSSR count). The molecule has 0 aliphatic rings. The van der Waals surface area contributed by atoms with Crippen molar-refractivity contribution >= 4 is 23.7 Å². The van der Waals surface area contributed by atoms with Gasteiger partial charge in [-0.05, 0) is 0 Å². The van der Waals surface area contributed by atoms with Crippen LogP contribution in [0.4, 0.5) is 0 Å². The van der Waals surface area contributed by atoms with Crippen LogP contribution in [0.3, 0.4) is 0 Å². The normalized spacial score (nSPS) is 1.50. The van der Waals surface area contributed by atoms with Crippen LogP contribution in [0, 0.1) is 0 Å². The van der Waals surface area contributed by atoms with Crippen LogP contribution in [0.2, 0.25) is 0 Å². The molecule has 0 aromatic carbocycles. The van der Waals surface area contributed by atoms with Crippen LogP contribution >= 0.6 is 23.7 Å². The summed E-state index contributed by atoms with van der Waals surface area (Å²) in [6, 6.07) is 0. The minimum atomic E-state index is 0. The number of hydrogen-bond donors (Lipinski definition) is 0. The van der Waals surface area contributed by atoms with E-state index in [-0.39, 0.29) is 61.2 Å². The molecule has 0 spiro atoms. The topological polar surface area (TPSA) is 261 Å². The second kappa shape index (κ2) is 442. The van der Waals surface area contributed by atoms with Crippen molar-refractivity contribution in [3.8, 4) is 0 Å². The molecule has 0 fully saturated rings. The molecule has 0 amide bonds. The average molecular weight is 283 g/mol. The van der Waals surface area contributed by atoms with E-state index in [1.165, 1.54) is 0 Å². The Morgan fingerprint density at radius 2 is 0.500 bits per heavy atom. The van der Waals surface area contributed by atoms with Crippen molar-refractivity contribution in [2.24, 2.45) is 0 Å². The molecular formula is H16Cl2CrO9. The Bertz CT molecular complexity index is 12.5. The predicted molar refractivity (Wildman–Crippen MR) is 41.7 cm³/mol. The fourth-order valence-electron chi connectivity index (χ4n) is 0. The fourth-order valence-corrected chi connectivity index (χ4v) is 0. The molecule has 9 nitrogen and oxygen atoms in total. The second-order valence-corrected chi connectivity index (χ2v) is 0.525. The Balaban J connectivity index is -0.000000000556. The molecule has 0 aliphatic carbocycles. The van der Waals surface area contributed by atoms with E-state index < -0.39 is 0 Å². The number of halogens is 2. The first-order chi connectivity index (χ1) is 1.41. The maximum absolute atomic E-state index is 4.26. The van der Waals surface area contributed by atoms with Gasteiger partial charge in [-0.1, -0.05) is 0 Å². The van der Waals surface area contributed by atoms with E-state index in [1.54, 1.807) is 0 Å². The van der Waals surface area contributed by atoms with Gasteiger partial charge in [0.25, 0.3) is 0 Å². The maximum Gasteiger partial charge on any atom is 0.0832 e. The van der Waals surface area contributed by atoms with Gasteiger partial charge in [-0.15, -0.1) is 0 Å². The van der Waals surface area contributed by atoms with E-state index in [9.17, 15) is 0 Å². The third kappa shape index (κ3) is 1810. The Morgan fingerprint density at radius 1 is 0.500 bits per heavy atom. The van der Waals surface area contributed by atoms with Crippen molar-refractivity contribution in [1.29, 1.82) is 0 Å². The second-order valence-electron chi connectivity index (χ2n) is 0.0583. The summed E-state index contributed by atoms with van der Waals surface area (Å²) < 4.78 is 3.19. The zero-order valence-electron chi connectivity index (χ0n) is 5.57. The summed E-state index contributed by atoms with van der Waals surface area (Å²) >= 11 is 8.53. The molecule has 0 atom stereocenters. The first-order valence-electron chi connectivity index (χ1n) is 0.309. The predicted octanol–water partition coefficient (Wildman–Crippen LogP) is -5.29. The molecular weight excluding hydrogens is 267 g/mol. The van der Waals surface area contributed by atoms with Gasteiger partial charge in [0.1, 0.15) is 0 Å². The van der Waals surface area contributed by atoms with Crippen molar-refractivity contribution in [2.75, 3.05) is 0 Å². The third-order valence-corrected chi connectivity index (χ3v) is 0. The van der Waals surface area contributed by atoms with Crippen LogP contribution < -0.4 is 0 Å². The van der Waals surface area contributed by atoms with Crippen molar-refractivity contribution in [3.05, 3.63) is 0 Å². The first kappa shape index (κ1) is 232. The van der Waals surface area contributed by atoms with Crippen molar-refractivity contribution < 1.29 is 65.0 Å². The molecule has 0 aromatic heterocycles. The summed E-state index contributed by atoms with van der Waals surface area (Å²) in [4.78, 5) is 0. The van der Waals surface area contributed by atoms with Gasteiger partial charge in [-0.25, -0.2) is 0 Å². The summed E-state index contributed by atoms with van der Waals surface area (Å²) in [5, 5.41) is 0. The molecule has 16 N–H and O–H groups in total. The molecule has 0 aliphatic heterocycles. The monoisotopic (exact) mass is 282 g/mol. The average Bonchev–Trinajstić information content (AvgIpc) is 0.918. The van der Waals surface area contributed by atoms with Gasteiger partial charge in [0.05, 0.1) is 23.7 Å². The van der Waals surface area contributed by atoms with E-state index in [1.807, 2.05) is 0 Å². The molecule has 0 saturated carbocycles. The summed E-state index contributed by atoms with van der Waals surface area (Å²) in [7, 11) is 0. The summed E-state index contributed by atoms with van der Waals surface area (Å²) in [6.45, 7) is 0. The van der Waals surface area contributed by atoms with Crippen molar-refractivity contribution in [1.82, 2.24) is 0 Å². The SMILES string of the molecule is ClOCl.O.O.O.O.O.O.O.O.[Cr]. The van der Waals surface area contributed by atoms with Gasteiger partial charge in [-0.2, -0.15) is 3.84 Å². The van der Waals surface area contributed by atoms with E-state index in [0.29, 0.717) is 0 Å². The summed E-state index contributed by atoms with van der Waals surface area (Å²) in [5.74, 6) is 0. The minimum absolute atomic E-state index is 0. The molecule has 0 radical (unpaired) electrons. The Kier molecular flexibility index (Phi) is 8570. The van der Waals surface area contributed by atoms with Gasteiger partial charge in [0, 0.05) is 17.4 Å². The summed E-state index contributed by atoms with van der Waals surface area (Å²) in [5.41, 5.74) is 0. The minimum Gasteiger partial charge on any atom is -0.412 e. The maximum atomic E-state index is 4.26. The van der Waals surface area contributed by atoms with Crippen molar-refractivity contribution in [3.63, 3.8) is 0 Å². The van der Waals surface area contributed by atoms with Crippen molar-refractivity contribution in [2.45, 2.75) is 0 Å². The molecule has 12 heteroatoms. The van der Waals surface area contributed by atoms with Gasteiger partial charge < -0.3 is 43.8 Å². The number of rotatable bonds is 0. The van der Waals surface area contributed by atoms with Crippen LogP contribution in [-0.4, -0.2) is 43.8 Å².